The fraction of sp³-hybridized carbons (Fsp3) is 0. The molecule has 0 aliphatic carbocycles. The van der Waals surface area contributed by atoms with Crippen molar-refractivity contribution in [2.45, 2.75) is 0 Å². The zero-order valence-electron chi connectivity index (χ0n) is 9.94. The Morgan fingerprint density at radius 2 is 1.90 bits per heavy atom. The lowest BCUT2D eigenvalue weighted by Crippen LogP contribution is -2.03. The van der Waals surface area contributed by atoms with Crippen molar-refractivity contribution >= 4 is 27.4 Å². The number of aromatic carboxylic acids is 1. The molecule has 0 atom stereocenters. The minimum atomic E-state index is -1.43. The molecule has 0 aliphatic rings. The fourth-order valence-electron chi connectivity index (χ4n) is 1.79. The molecule has 0 amide bonds. The molecule has 0 bridgehead atoms. The first kappa shape index (κ1) is 12.4. The average Bonchev–Trinajstić information content (AvgIpc) is 2.85. The highest BCUT2D eigenvalue weighted by Gasteiger charge is 2.20. The summed E-state index contributed by atoms with van der Waals surface area (Å²) in [7, 11) is 0. The molecule has 0 unspecified atom stereocenters. The molecule has 0 saturated carbocycles. The average molecular weight is 288 g/mol. The number of fused-ring (bicyclic) bond motifs is 1. The number of hydrogen-bond donors (Lipinski definition) is 3. The summed E-state index contributed by atoms with van der Waals surface area (Å²) < 4.78 is 0.996. The van der Waals surface area contributed by atoms with E-state index in [0.29, 0.717) is 4.88 Å². The summed E-state index contributed by atoms with van der Waals surface area (Å²) in [6, 6.07) is 9.41. The van der Waals surface area contributed by atoms with E-state index in [4.69, 9.17) is 5.11 Å². The lowest BCUT2D eigenvalue weighted by atomic mass is 10.2. The molecular weight excluding hydrogens is 280 g/mol. The molecule has 7 heteroatoms. The first-order chi connectivity index (χ1) is 9.56. The molecule has 0 aliphatic heterocycles. The Kier molecular flexibility index (Phi) is 2.76. The number of carboxylic acids is 1. The molecule has 1 aromatic carbocycles. The van der Waals surface area contributed by atoms with Gasteiger partial charge in [0, 0.05) is 4.70 Å². The number of carbonyl (C=O) groups is 1. The molecule has 3 aromatic rings. The van der Waals surface area contributed by atoms with E-state index in [0.717, 1.165) is 10.1 Å². The van der Waals surface area contributed by atoms with Crippen LogP contribution in [0.15, 0.2) is 30.3 Å². The molecule has 0 fully saturated rings. The van der Waals surface area contributed by atoms with Crippen LogP contribution in [-0.2, 0) is 0 Å². The molecule has 100 valence electrons. The van der Waals surface area contributed by atoms with E-state index in [1.807, 2.05) is 24.3 Å². The zero-order chi connectivity index (χ0) is 14.3. The lowest BCUT2D eigenvalue weighted by molar-refractivity contribution is 0.0685. The van der Waals surface area contributed by atoms with Crippen LogP contribution in [0.4, 0.5) is 0 Å². The van der Waals surface area contributed by atoms with E-state index in [9.17, 15) is 15.0 Å². The Bertz CT molecular complexity index is 795. The second kappa shape index (κ2) is 4.46. The van der Waals surface area contributed by atoms with Crippen molar-refractivity contribution in [3.8, 4) is 22.3 Å². The van der Waals surface area contributed by atoms with Gasteiger partial charge in [-0.1, -0.05) is 18.2 Å². The van der Waals surface area contributed by atoms with E-state index in [-0.39, 0.29) is 5.82 Å². The third-order valence-electron chi connectivity index (χ3n) is 2.71. The van der Waals surface area contributed by atoms with Gasteiger partial charge < -0.3 is 15.3 Å². The minimum absolute atomic E-state index is 0.0684. The fourth-order valence-corrected chi connectivity index (χ4v) is 2.79. The molecule has 2 heterocycles. The Balaban J connectivity index is 2.21. The summed E-state index contributed by atoms with van der Waals surface area (Å²) in [6.45, 7) is 0. The van der Waals surface area contributed by atoms with Crippen molar-refractivity contribution < 1.29 is 20.1 Å². The summed E-state index contributed by atoms with van der Waals surface area (Å²) >= 11 is 1.37. The molecule has 6 nitrogen and oxygen atoms in total. The van der Waals surface area contributed by atoms with Gasteiger partial charge in [0.25, 0.3) is 5.88 Å². The van der Waals surface area contributed by atoms with Crippen molar-refractivity contribution in [2.75, 3.05) is 0 Å². The van der Waals surface area contributed by atoms with Crippen LogP contribution in [0, 0.1) is 0 Å². The van der Waals surface area contributed by atoms with Crippen molar-refractivity contribution in [3.63, 3.8) is 0 Å². The Labute approximate surface area is 116 Å². The number of carboxylic acid groups (broad SMARTS) is 1. The quantitative estimate of drug-likeness (QED) is 0.669. The van der Waals surface area contributed by atoms with Crippen LogP contribution in [0.25, 0.3) is 20.8 Å². The number of thiophene rings is 1. The van der Waals surface area contributed by atoms with Gasteiger partial charge in [0.05, 0.1) is 4.88 Å². The first-order valence-electron chi connectivity index (χ1n) is 5.58. The molecule has 0 saturated heterocycles. The van der Waals surface area contributed by atoms with Crippen molar-refractivity contribution in [2.24, 2.45) is 0 Å². The molecule has 0 radical (unpaired) electrons. The van der Waals surface area contributed by atoms with E-state index in [1.54, 1.807) is 6.07 Å². The SMILES string of the molecule is O=C(O)c1nc(-c2cc3ccccc3s2)nc(O)c1O. The highest BCUT2D eigenvalue weighted by Crippen LogP contribution is 2.34. The van der Waals surface area contributed by atoms with E-state index < -0.39 is 23.3 Å². The molecule has 20 heavy (non-hydrogen) atoms. The summed E-state index contributed by atoms with van der Waals surface area (Å²) in [5.41, 5.74) is -0.620. The van der Waals surface area contributed by atoms with E-state index in [2.05, 4.69) is 9.97 Å². The van der Waals surface area contributed by atoms with Gasteiger partial charge in [-0.25, -0.2) is 9.78 Å². The summed E-state index contributed by atoms with van der Waals surface area (Å²) in [4.78, 5) is 19.1. The first-order valence-corrected chi connectivity index (χ1v) is 6.40. The monoisotopic (exact) mass is 288 g/mol. The van der Waals surface area contributed by atoms with Crippen molar-refractivity contribution in [1.29, 1.82) is 0 Å². The van der Waals surface area contributed by atoms with Gasteiger partial charge in [-0.2, -0.15) is 4.98 Å². The molecule has 3 rings (SSSR count). The minimum Gasteiger partial charge on any atom is -0.501 e. The second-order valence-electron chi connectivity index (χ2n) is 4.02. The van der Waals surface area contributed by atoms with Crippen LogP contribution >= 0.6 is 11.3 Å². The summed E-state index contributed by atoms with van der Waals surface area (Å²) in [5, 5.41) is 28.8. The highest BCUT2D eigenvalue weighted by atomic mass is 32.1. The van der Waals surface area contributed by atoms with Gasteiger partial charge in [-0.05, 0) is 17.5 Å². The Hall–Kier alpha value is -2.67. The van der Waals surface area contributed by atoms with Gasteiger partial charge in [-0.15, -0.1) is 11.3 Å². The highest BCUT2D eigenvalue weighted by molar-refractivity contribution is 7.22. The predicted octanol–water partition coefficient (Wildman–Crippen LogP) is 2.47. The smallest absolute Gasteiger partial charge is 0.358 e. The van der Waals surface area contributed by atoms with Crippen LogP contribution in [-0.4, -0.2) is 31.3 Å². The Morgan fingerprint density at radius 3 is 2.60 bits per heavy atom. The molecule has 3 N–H and O–H groups in total. The Morgan fingerprint density at radius 1 is 1.15 bits per heavy atom. The summed E-state index contributed by atoms with van der Waals surface area (Å²) in [6.07, 6.45) is 0. The summed E-state index contributed by atoms with van der Waals surface area (Å²) in [5.74, 6) is -2.94. The number of benzene rings is 1. The number of rotatable bonds is 2. The van der Waals surface area contributed by atoms with E-state index >= 15 is 0 Å². The zero-order valence-corrected chi connectivity index (χ0v) is 10.8. The molecule has 2 aromatic heterocycles. The van der Waals surface area contributed by atoms with Crippen molar-refractivity contribution in [1.82, 2.24) is 9.97 Å². The van der Waals surface area contributed by atoms with Crippen molar-refractivity contribution in [3.05, 3.63) is 36.0 Å². The lowest BCUT2D eigenvalue weighted by Gasteiger charge is -2.03. The van der Waals surface area contributed by atoms with Crippen LogP contribution in [0.1, 0.15) is 10.5 Å². The number of aromatic nitrogens is 2. The van der Waals surface area contributed by atoms with Gasteiger partial charge in [-0.3, -0.25) is 0 Å². The van der Waals surface area contributed by atoms with Gasteiger partial charge in [0.2, 0.25) is 5.75 Å². The number of aromatic hydroxyl groups is 2. The predicted molar refractivity (Wildman–Crippen MR) is 73.1 cm³/mol. The van der Waals surface area contributed by atoms with Crippen LogP contribution in [0.3, 0.4) is 0 Å². The topological polar surface area (TPSA) is 104 Å². The normalized spacial score (nSPS) is 10.8. The largest absolute Gasteiger partial charge is 0.501 e. The standard InChI is InChI=1S/C13H8N2O4S/c16-10-9(13(18)19)14-11(15-12(10)17)8-5-6-3-1-2-4-7(6)20-8/h1-5,16H,(H,18,19)(H,14,15,17). The van der Waals surface area contributed by atoms with Gasteiger partial charge >= 0.3 is 5.97 Å². The molecule has 0 spiro atoms. The third kappa shape index (κ3) is 1.94. The number of nitrogens with zero attached hydrogens (tertiary/aromatic N) is 2. The van der Waals surface area contributed by atoms with Gasteiger partial charge in [0.15, 0.2) is 11.5 Å². The van der Waals surface area contributed by atoms with Gasteiger partial charge in [0.1, 0.15) is 0 Å². The maximum absolute atomic E-state index is 11.0. The molecular formula is C13H8N2O4S. The van der Waals surface area contributed by atoms with E-state index in [1.165, 1.54) is 11.3 Å². The number of hydrogen-bond acceptors (Lipinski definition) is 6. The maximum Gasteiger partial charge on any atom is 0.358 e. The van der Waals surface area contributed by atoms with Crippen LogP contribution in [0.5, 0.6) is 11.6 Å². The van der Waals surface area contributed by atoms with Crippen LogP contribution < -0.4 is 0 Å². The third-order valence-corrected chi connectivity index (χ3v) is 3.83. The maximum atomic E-state index is 11.0. The van der Waals surface area contributed by atoms with Crippen LogP contribution in [0.2, 0.25) is 0 Å². The second-order valence-corrected chi connectivity index (χ2v) is 5.11.